The van der Waals surface area contributed by atoms with Crippen LogP contribution in [0.25, 0.3) is 0 Å². The third-order valence-electron chi connectivity index (χ3n) is 13.5. The Hall–Kier alpha value is -1.36. The van der Waals surface area contributed by atoms with Crippen molar-refractivity contribution in [2.75, 3.05) is 0 Å². The van der Waals surface area contributed by atoms with Crippen LogP contribution in [0.5, 0.6) is 0 Å². The van der Waals surface area contributed by atoms with Gasteiger partial charge in [0.2, 0.25) is 0 Å². The van der Waals surface area contributed by atoms with Crippen molar-refractivity contribution >= 4 is 11.9 Å². The topological polar surface area (TPSA) is 76.1 Å². The van der Waals surface area contributed by atoms with Crippen molar-refractivity contribution in [3.05, 3.63) is 12.2 Å². The van der Waals surface area contributed by atoms with E-state index in [1.807, 2.05) is 0 Å². The second-order valence-electron chi connectivity index (χ2n) is 14.3. The summed E-state index contributed by atoms with van der Waals surface area (Å²) < 4.78 is 13.7. The van der Waals surface area contributed by atoms with E-state index in [0.29, 0.717) is 25.2 Å². The molecule has 7 aliphatic rings. The molecule has 0 aromatic rings. The van der Waals surface area contributed by atoms with Crippen molar-refractivity contribution < 1.29 is 24.2 Å². The van der Waals surface area contributed by atoms with Gasteiger partial charge >= 0.3 is 11.9 Å². The highest BCUT2D eigenvalue weighted by atomic mass is 16.7. The molecule has 1 N–H and O–H groups in total. The first-order valence-electron chi connectivity index (χ1n) is 13.7. The molecule has 5 heteroatoms. The molecule has 2 aliphatic heterocycles. The Balaban J connectivity index is 1.41. The highest BCUT2D eigenvalue weighted by molar-refractivity contribution is 5.85. The van der Waals surface area contributed by atoms with E-state index in [4.69, 9.17) is 9.47 Å². The van der Waals surface area contributed by atoms with Crippen molar-refractivity contribution in [2.45, 2.75) is 109 Å². The summed E-state index contributed by atoms with van der Waals surface area (Å²) in [5, 5.41) is 10.5. The Kier molecular flexibility index (Phi) is 3.62. The molecule has 5 saturated carbocycles. The third-order valence-corrected chi connectivity index (χ3v) is 13.5. The number of rotatable bonds is 2. The Morgan fingerprint density at radius 2 is 1.76 bits per heavy atom. The molecule has 2 heterocycles. The average Bonchev–Trinajstić information content (AvgIpc) is 3.25. The number of hydrogen-bond donors (Lipinski definition) is 1. The van der Waals surface area contributed by atoms with Crippen LogP contribution in [0.1, 0.15) is 92.4 Å². The molecule has 1 spiro atoms. The van der Waals surface area contributed by atoms with E-state index in [2.05, 4.69) is 41.2 Å². The minimum Gasteiger partial charge on any atom is -0.481 e. The molecule has 7 fully saturated rings. The van der Waals surface area contributed by atoms with Gasteiger partial charge in [-0.3, -0.25) is 9.59 Å². The molecule has 186 valence electrons. The molecule has 10 unspecified atom stereocenters. The zero-order chi connectivity index (χ0) is 24.3. The summed E-state index contributed by atoms with van der Waals surface area (Å²) in [4.78, 5) is 27.1. The van der Waals surface area contributed by atoms with E-state index >= 15 is 0 Å². The maximum atomic E-state index is 14.3. The van der Waals surface area contributed by atoms with E-state index in [-0.39, 0.29) is 45.8 Å². The summed E-state index contributed by atoms with van der Waals surface area (Å²) >= 11 is 0. The van der Waals surface area contributed by atoms with Crippen LogP contribution in [0.4, 0.5) is 0 Å². The van der Waals surface area contributed by atoms with Gasteiger partial charge in [-0.2, -0.15) is 0 Å². The Morgan fingerprint density at radius 3 is 2.44 bits per heavy atom. The summed E-state index contributed by atoms with van der Waals surface area (Å²) in [5.74, 6) is -0.174. The van der Waals surface area contributed by atoms with Gasteiger partial charge < -0.3 is 14.6 Å². The van der Waals surface area contributed by atoms with Gasteiger partial charge in [0.05, 0.1) is 10.8 Å². The van der Waals surface area contributed by atoms with Crippen molar-refractivity contribution in [1.82, 2.24) is 0 Å². The Morgan fingerprint density at radius 1 is 1.03 bits per heavy atom. The minimum atomic E-state index is -0.728. The molecule has 0 amide bonds. The van der Waals surface area contributed by atoms with Crippen LogP contribution in [0.3, 0.4) is 0 Å². The second-order valence-corrected chi connectivity index (χ2v) is 14.3. The maximum absolute atomic E-state index is 14.3. The number of carbonyl (C=O) groups is 2. The molecule has 7 rings (SSSR count). The lowest BCUT2D eigenvalue weighted by Gasteiger charge is -2.64. The van der Waals surface area contributed by atoms with E-state index in [1.165, 1.54) is 0 Å². The lowest BCUT2D eigenvalue weighted by molar-refractivity contribution is -0.203. The zero-order valence-electron chi connectivity index (χ0n) is 21.5. The monoisotopic (exact) mass is 468 g/mol. The minimum absolute atomic E-state index is 0.0292. The number of hydrogen-bond acceptors (Lipinski definition) is 4. The van der Waals surface area contributed by atoms with Gasteiger partial charge in [0, 0.05) is 5.41 Å². The van der Waals surface area contributed by atoms with Crippen molar-refractivity contribution in [2.24, 2.45) is 45.3 Å². The van der Waals surface area contributed by atoms with E-state index in [0.717, 1.165) is 44.1 Å². The summed E-state index contributed by atoms with van der Waals surface area (Å²) in [5.41, 5.74) is -1.66. The first kappa shape index (κ1) is 21.9. The molecule has 0 aromatic carbocycles. The van der Waals surface area contributed by atoms with Gasteiger partial charge in [-0.15, -0.1) is 0 Å². The van der Waals surface area contributed by atoms with E-state index in [9.17, 15) is 14.7 Å². The largest absolute Gasteiger partial charge is 0.481 e. The van der Waals surface area contributed by atoms with Crippen LogP contribution in [0.15, 0.2) is 12.2 Å². The number of aliphatic carboxylic acids is 1. The number of carbonyl (C=O) groups excluding carboxylic acids is 1. The van der Waals surface area contributed by atoms with Crippen LogP contribution in [0, 0.1) is 45.3 Å². The lowest BCUT2D eigenvalue weighted by Crippen LogP contribution is -2.70. The van der Waals surface area contributed by atoms with Gasteiger partial charge in [-0.25, -0.2) is 0 Å². The fourth-order valence-corrected chi connectivity index (χ4v) is 12.3. The fourth-order valence-electron chi connectivity index (χ4n) is 12.3. The number of carboxylic acids is 1. The molecule has 2 bridgehead atoms. The summed E-state index contributed by atoms with van der Waals surface area (Å²) in [7, 11) is 0. The van der Waals surface area contributed by atoms with E-state index < -0.39 is 22.4 Å². The second kappa shape index (κ2) is 5.63. The molecule has 5 aliphatic carbocycles. The Labute approximate surface area is 203 Å². The lowest BCUT2D eigenvalue weighted by atomic mass is 9.35. The van der Waals surface area contributed by atoms with Gasteiger partial charge in [0.15, 0.2) is 5.60 Å². The van der Waals surface area contributed by atoms with Crippen LogP contribution < -0.4 is 0 Å². The first-order valence-corrected chi connectivity index (χ1v) is 13.7. The number of fused-ring (bicyclic) bond motifs is 2. The molecule has 10 atom stereocenters. The molecule has 34 heavy (non-hydrogen) atoms. The summed E-state index contributed by atoms with van der Waals surface area (Å²) in [6.45, 7) is 15.7. The predicted molar refractivity (Wildman–Crippen MR) is 126 cm³/mol. The zero-order valence-corrected chi connectivity index (χ0v) is 21.5. The van der Waals surface area contributed by atoms with Crippen LogP contribution >= 0.6 is 0 Å². The predicted octanol–water partition coefficient (Wildman–Crippen LogP) is 5.52. The molecule has 0 radical (unpaired) electrons. The highest BCUT2D eigenvalue weighted by Crippen LogP contribution is 2.88. The van der Waals surface area contributed by atoms with Gasteiger partial charge in [0.1, 0.15) is 11.2 Å². The van der Waals surface area contributed by atoms with Gasteiger partial charge in [-0.1, -0.05) is 39.8 Å². The first-order chi connectivity index (χ1) is 15.8. The molecular weight excluding hydrogens is 428 g/mol. The van der Waals surface area contributed by atoms with Gasteiger partial charge in [-0.05, 0) is 93.8 Å². The molecule has 0 aromatic heterocycles. The number of epoxide rings is 1. The standard InChI is InChI=1S/C29H40O5/c1-16(2)18-7-9-25(21(30)31)12-13-26-19(20(18)25)8-10-28(33-22(26)32)24(26,6)11-14-27-23(4,5)15-17(3)29(27,28)34-27/h17-20H,1,7-15H2,2-6H3,(H,30,31). The number of carboxylic acid groups (broad SMARTS) is 1. The summed E-state index contributed by atoms with van der Waals surface area (Å²) in [6.07, 6.45) is 7.46. The molecular formula is C29H40O5. The highest BCUT2D eigenvalue weighted by Gasteiger charge is 2.98. The third kappa shape index (κ3) is 1.71. The Bertz CT molecular complexity index is 1060. The quantitative estimate of drug-likeness (QED) is 0.328. The van der Waals surface area contributed by atoms with Gasteiger partial charge in [0.25, 0.3) is 0 Å². The van der Waals surface area contributed by atoms with Crippen LogP contribution in [0.2, 0.25) is 0 Å². The number of allylic oxidation sites excluding steroid dienone is 1. The smallest absolute Gasteiger partial charge is 0.313 e. The van der Waals surface area contributed by atoms with E-state index in [1.54, 1.807) is 0 Å². The summed E-state index contributed by atoms with van der Waals surface area (Å²) in [6, 6.07) is 0. The van der Waals surface area contributed by atoms with Crippen molar-refractivity contribution in [3.63, 3.8) is 0 Å². The van der Waals surface area contributed by atoms with Crippen molar-refractivity contribution in [1.29, 1.82) is 0 Å². The van der Waals surface area contributed by atoms with Crippen LogP contribution in [-0.2, 0) is 19.1 Å². The number of ether oxygens (including phenoxy) is 2. The van der Waals surface area contributed by atoms with Crippen LogP contribution in [-0.4, -0.2) is 33.8 Å². The fraction of sp³-hybridized carbons (Fsp3) is 0.862. The normalized spacial score (nSPS) is 59.7. The van der Waals surface area contributed by atoms with Crippen molar-refractivity contribution in [3.8, 4) is 0 Å². The average molecular weight is 469 g/mol. The molecule has 2 saturated heterocycles. The SMILES string of the molecule is C=C(C)C1CCC2(C(=O)O)CCC34C(=O)OC5(CCC3C12)C4(C)CCC12OC15C(C)CC2(C)C. The molecule has 5 nitrogen and oxygen atoms in total. The maximum Gasteiger partial charge on any atom is 0.313 e. The number of esters is 1.